The first-order chi connectivity index (χ1) is 30.0. The molecule has 0 saturated heterocycles. The van der Waals surface area contributed by atoms with Crippen LogP contribution >= 0.6 is 0 Å². The normalized spacial score (nSPS) is 12.0. The average Bonchev–Trinajstić information content (AvgIpc) is 3.26. The summed E-state index contributed by atoms with van der Waals surface area (Å²) in [5.41, 5.74) is 0. The Morgan fingerprint density at radius 2 is 0.541 bits per heavy atom. The predicted molar refractivity (Wildman–Crippen MR) is 261 cm³/mol. The van der Waals surface area contributed by atoms with E-state index >= 15 is 0 Å². The summed E-state index contributed by atoms with van der Waals surface area (Å²) in [4.78, 5) is 38.0. The Balaban J connectivity index is 4.32. The van der Waals surface area contributed by atoms with E-state index < -0.39 is 6.10 Å². The molecule has 0 spiro atoms. The lowest BCUT2D eigenvalue weighted by Crippen LogP contribution is -2.30. The molecule has 0 heterocycles. The standard InChI is InChI=1S/C55H104O6/c1-4-7-10-13-16-19-22-25-27-30-33-36-39-42-45-48-54(57)60-51-52(50-59-53(56)47-44-41-38-35-32-29-24-21-18-15-12-9-6-3)61-55(58)49-46-43-40-37-34-31-28-26-23-20-17-14-11-8-5-2/h20,23,52H,4-19,21-22,24-51H2,1-3H3/b23-20-/t52-/m0/s1. The van der Waals surface area contributed by atoms with Crippen molar-refractivity contribution in [2.45, 2.75) is 309 Å². The van der Waals surface area contributed by atoms with Crippen molar-refractivity contribution in [3.05, 3.63) is 12.2 Å². The highest BCUT2D eigenvalue weighted by molar-refractivity contribution is 5.71. The zero-order valence-corrected chi connectivity index (χ0v) is 41.2. The van der Waals surface area contributed by atoms with E-state index in [1.165, 1.54) is 205 Å². The van der Waals surface area contributed by atoms with Crippen molar-refractivity contribution in [1.82, 2.24) is 0 Å². The second-order valence-electron chi connectivity index (χ2n) is 18.5. The Morgan fingerprint density at radius 3 is 0.836 bits per heavy atom. The van der Waals surface area contributed by atoms with Crippen molar-refractivity contribution in [3.8, 4) is 0 Å². The summed E-state index contributed by atoms with van der Waals surface area (Å²) in [5, 5.41) is 0. The molecule has 0 aliphatic heterocycles. The van der Waals surface area contributed by atoms with Crippen LogP contribution in [0.15, 0.2) is 12.2 Å². The molecule has 61 heavy (non-hydrogen) atoms. The number of allylic oxidation sites excluding steroid dienone is 2. The molecule has 0 fully saturated rings. The Bertz CT molecular complexity index is 947. The van der Waals surface area contributed by atoms with E-state index in [0.29, 0.717) is 19.3 Å². The Hall–Kier alpha value is -1.85. The third kappa shape index (κ3) is 49.0. The highest BCUT2D eigenvalue weighted by atomic mass is 16.6. The molecule has 0 aliphatic rings. The lowest BCUT2D eigenvalue weighted by molar-refractivity contribution is -0.167. The highest BCUT2D eigenvalue weighted by Gasteiger charge is 2.19. The topological polar surface area (TPSA) is 78.9 Å². The van der Waals surface area contributed by atoms with E-state index in [-0.39, 0.29) is 31.1 Å². The van der Waals surface area contributed by atoms with Crippen LogP contribution in [0.4, 0.5) is 0 Å². The molecule has 0 radical (unpaired) electrons. The number of rotatable bonds is 50. The summed E-state index contributed by atoms with van der Waals surface area (Å²) < 4.78 is 16.8. The van der Waals surface area contributed by atoms with Crippen molar-refractivity contribution >= 4 is 17.9 Å². The largest absolute Gasteiger partial charge is 0.462 e. The third-order valence-corrected chi connectivity index (χ3v) is 12.3. The molecule has 6 nitrogen and oxygen atoms in total. The molecule has 1 atom stereocenters. The minimum absolute atomic E-state index is 0.0661. The molecule has 360 valence electrons. The zero-order chi connectivity index (χ0) is 44.4. The van der Waals surface area contributed by atoms with E-state index in [1.807, 2.05) is 0 Å². The molecule has 0 aliphatic carbocycles. The third-order valence-electron chi connectivity index (χ3n) is 12.3. The molecule has 0 bridgehead atoms. The molecule has 0 rings (SSSR count). The van der Waals surface area contributed by atoms with Crippen molar-refractivity contribution < 1.29 is 28.6 Å². The van der Waals surface area contributed by atoms with Crippen LogP contribution in [0.2, 0.25) is 0 Å². The number of esters is 3. The molecule has 0 N–H and O–H groups in total. The van der Waals surface area contributed by atoms with Crippen LogP contribution in [-0.4, -0.2) is 37.2 Å². The minimum Gasteiger partial charge on any atom is -0.462 e. The smallest absolute Gasteiger partial charge is 0.306 e. The van der Waals surface area contributed by atoms with Crippen molar-refractivity contribution in [1.29, 1.82) is 0 Å². The maximum absolute atomic E-state index is 12.8. The summed E-state index contributed by atoms with van der Waals surface area (Å²) in [6.45, 7) is 6.67. The first kappa shape index (κ1) is 59.1. The van der Waals surface area contributed by atoms with Crippen LogP contribution in [0.5, 0.6) is 0 Å². The van der Waals surface area contributed by atoms with Gasteiger partial charge >= 0.3 is 17.9 Å². The minimum atomic E-state index is -0.765. The molecule has 0 aromatic rings. The molecule has 0 aromatic carbocycles. The maximum Gasteiger partial charge on any atom is 0.306 e. The molecule has 6 heteroatoms. The van der Waals surface area contributed by atoms with E-state index in [4.69, 9.17) is 14.2 Å². The van der Waals surface area contributed by atoms with Gasteiger partial charge in [0.2, 0.25) is 0 Å². The second-order valence-corrected chi connectivity index (χ2v) is 18.5. The highest BCUT2D eigenvalue weighted by Crippen LogP contribution is 2.17. The van der Waals surface area contributed by atoms with Crippen LogP contribution in [0.25, 0.3) is 0 Å². The molecule has 0 amide bonds. The van der Waals surface area contributed by atoms with Gasteiger partial charge in [-0.15, -0.1) is 0 Å². The first-order valence-corrected chi connectivity index (χ1v) is 27.2. The van der Waals surface area contributed by atoms with Gasteiger partial charge in [-0.3, -0.25) is 14.4 Å². The molecular weight excluding hydrogens is 757 g/mol. The zero-order valence-electron chi connectivity index (χ0n) is 41.2. The van der Waals surface area contributed by atoms with Gasteiger partial charge in [-0.1, -0.05) is 251 Å². The monoisotopic (exact) mass is 861 g/mol. The van der Waals surface area contributed by atoms with E-state index in [9.17, 15) is 14.4 Å². The fraction of sp³-hybridized carbons (Fsp3) is 0.909. The number of carbonyl (C=O) groups is 3. The van der Waals surface area contributed by atoms with Crippen molar-refractivity contribution in [2.24, 2.45) is 0 Å². The number of unbranched alkanes of at least 4 members (excludes halogenated alkanes) is 37. The summed E-state index contributed by atoms with van der Waals surface area (Å²) in [6.07, 6.45) is 56.2. The molecular formula is C55H104O6. The van der Waals surface area contributed by atoms with Gasteiger partial charge in [0, 0.05) is 19.3 Å². The molecule has 0 aromatic heterocycles. The summed E-state index contributed by atoms with van der Waals surface area (Å²) >= 11 is 0. The van der Waals surface area contributed by atoms with Gasteiger partial charge < -0.3 is 14.2 Å². The van der Waals surface area contributed by atoms with E-state index in [2.05, 4.69) is 32.9 Å². The van der Waals surface area contributed by atoms with Crippen LogP contribution < -0.4 is 0 Å². The lowest BCUT2D eigenvalue weighted by Gasteiger charge is -2.18. The fourth-order valence-corrected chi connectivity index (χ4v) is 8.14. The lowest BCUT2D eigenvalue weighted by atomic mass is 10.0. The van der Waals surface area contributed by atoms with Gasteiger partial charge in [0.15, 0.2) is 6.10 Å². The van der Waals surface area contributed by atoms with Crippen LogP contribution in [0.3, 0.4) is 0 Å². The van der Waals surface area contributed by atoms with Crippen molar-refractivity contribution in [2.75, 3.05) is 13.2 Å². The second kappa shape index (κ2) is 50.8. The fourth-order valence-electron chi connectivity index (χ4n) is 8.14. The Kier molecular flexibility index (Phi) is 49.3. The molecule has 0 unspecified atom stereocenters. The predicted octanol–water partition coefficient (Wildman–Crippen LogP) is 17.8. The first-order valence-electron chi connectivity index (χ1n) is 27.2. The van der Waals surface area contributed by atoms with Crippen molar-refractivity contribution in [3.63, 3.8) is 0 Å². The van der Waals surface area contributed by atoms with E-state index in [1.54, 1.807) is 0 Å². The van der Waals surface area contributed by atoms with Gasteiger partial charge in [-0.05, 0) is 44.9 Å². The van der Waals surface area contributed by atoms with Gasteiger partial charge in [-0.25, -0.2) is 0 Å². The summed E-state index contributed by atoms with van der Waals surface area (Å²) in [7, 11) is 0. The Morgan fingerprint density at radius 1 is 0.311 bits per heavy atom. The average molecular weight is 861 g/mol. The summed E-state index contributed by atoms with van der Waals surface area (Å²) in [6, 6.07) is 0. The quantitative estimate of drug-likeness (QED) is 0.0262. The van der Waals surface area contributed by atoms with Gasteiger partial charge in [0.1, 0.15) is 13.2 Å². The van der Waals surface area contributed by atoms with Gasteiger partial charge in [0.05, 0.1) is 0 Å². The maximum atomic E-state index is 12.8. The van der Waals surface area contributed by atoms with Crippen LogP contribution in [-0.2, 0) is 28.6 Å². The number of carbonyl (C=O) groups excluding carboxylic acids is 3. The summed E-state index contributed by atoms with van der Waals surface area (Å²) in [5.74, 6) is -0.850. The van der Waals surface area contributed by atoms with Crippen LogP contribution in [0, 0.1) is 0 Å². The number of hydrogen-bond donors (Lipinski definition) is 0. The van der Waals surface area contributed by atoms with E-state index in [0.717, 1.165) is 57.8 Å². The Labute approximate surface area is 380 Å². The van der Waals surface area contributed by atoms with Crippen LogP contribution in [0.1, 0.15) is 303 Å². The van der Waals surface area contributed by atoms with Gasteiger partial charge in [0.25, 0.3) is 0 Å². The number of hydrogen-bond acceptors (Lipinski definition) is 6. The number of ether oxygens (including phenoxy) is 3. The molecule has 0 saturated carbocycles. The SMILES string of the molecule is CCCCCC/C=C\CCCCCCCCCC(=O)O[C@@H](COC(=O)CCCCCCCCCCCCCCC)COC(=O)CCCCCCCCCCCCCCCCC. The van der Waals surface area contributed by atoms with Gasteiger partial charge in [-0.2, -0.15) is 0 Å².